The summed E-state index contributed by atoms with van der Waals surface area (Å²) in [5.41, 5.74) is 7.95. The third-order valence-corrected chi connectivity index (χ3v) is 3.85. The van der Waals surface area contributed by atoms with Gasteiger partial charge in [-0.1, -0.05) is 25.1 Å². The van der Waals surface area contributed by atoms with Crippen LogP contribution >= 0.6 is 0 Å². The molecule has 0 aliphatic carbocycles. The van der Waals surface area contributed by atoms with Crippen LogP contribution in [0, 0.1) is 0 Å². The summed E-state index contributed by atoms with van der Waals surface area (Å²) in [5.74, 6) is 0.588. The number of nitrogens with two attached hydrogens (primary N) is 1. The monoisotopic (exact) mass is 349 g/mol. The molecule has 0 radical (unpaired) electrons. The van der Waals surface area contributed by atoms with Gasteiger partial charge < -0.3 is 20.8 Å². The lowest BCUT2D eigenvalue weighted by molar-refractivity contribution is -0.111. The Balaban J connectivity index is 1.73. The third-order valence-electron chi connectivity index (χ3n) is 3.85. The largest absolute Gasteiger partial charge is 0.460 e. The molecule has 3 aromatic rings. The van der Waals surface area contributed by atoms with Crippen LogP contribution in [0.2, 0.25) is 0 Å². The summed E-state index contributed by atoms with van der Waals surface area (Å²) in [6.07, 6.45) is 3.99. The fourth-order valence-corrected chi connectivity index (χ4v) is 2.68. The number of amides is 3. The maximum absolute atomic E-state index is 12.2. The van der Waals surface area contributed by atoms with Gasteiger partial charge in [0.1, 0.15) is 11.3 Å². The van der Waals surface area contributed by atoms with Gasteiger partial charge >= 0.3 is 6.03 Å². The molecule has 0 saturated carbocycles. The number of anilines is 2. The Morgan fingerprint density at radius 3 is 2.35 bits per heavy atom. The number of carbonyl (C=O) groups excluding carboxylic acids is 2. The Morgan fingerprint density at radius 1 is 1.04 bits per heavy atom. The average Bonchev–Trinajstić information content (AvgIpc) is 2.99. The van der Waals surface area contributed by atoms with Crippen molar-refractivity contribution in [3.05, 3.63) is 65.9 Å². The highest BCUT2D eigenvalue weighted by atomic mass is 16.3. The molecule has 0 aliphatic heterocycles. The van der Waals surface area contributed by atoms with Crippen LogP contribution < -0.4 is 16.4 Å². The molecule has 132 valence electrons. The number of para-hydroxylation sites is 1. The van der Waals surface area contributed by atoms with Gasteiger partial charge in [0.05, 0.1) is 0 Å². The second-order valence-electron chi connectivity index (χ2n) is 5.68. The maximum Gasteiger partial charge on any atom is 0.316 e. The van der Waals surface area contributed by atoms with Crippen molar-refractivity contribution < 1.29 is 14.0 Å². The van der Waals surface area contributed by atoms with Crippen LogP contribution in [0.1, 0.15) is 18.2 Å². The maximum atomic E-state index is 12.2. The molecule has 0 aliphatic rings. The number of urea groups is 1. The number of fused-ring (bicyclic) bond motifs is 1. The first-order valence-electron chi connectivity index (χ1n) is 8.23. The fraction of sp³-hybridized carbons (Fsp3) is 0.100. The van der Waals surface area contributed by atoms with E-state index >= 15 is 0 Å². The topological polar surface area (TPSA) is 97.4 Å². The van der Waals surface area contributed by atoms with Crippen molar-refractivity contribution >= 4 is 40.4 Å². The molecule has 6 nitrogen and oxygen atoms in total. The van der Waals surface area contributed by atoms with Gasteiger partial charge in [-0.15, -0.1) is 0 Å². The van der Waals surface area contributed by atoms with Gasteiger partial charge in [0, 0.05) is 34.8 Å². The summed E-state index contributed by atoms with van der Waals surface area (Å²) in [6.45, 7) is 2.01. The van der Waals surface area contributed by atoms with E-state index in [2.05, 4.69) is 10.6 Å². The van der Waals surface area contributed by atoms with Crippen LogP contribution in [-0.2, 0) is 11.2 Å². The lowest BCUT2D eigenvalue weighted by Gasteiger charge is -2.05. The van der Waals surface area contributed by atoms with E-state index in [0.29, 0.717) is 11.4 Å². The zero-order chi connectivity index (χ0) is 18.5. The molecule has 26 heavy (non-hydrogen) atoms. The second-order valence-corrected chi connectivity index (χ2v) is 5.68. The predicted molar refractivity (Wildman–Crippen MR) is 103 cm³/mol. The number of carbonyl (C=O) groups is 2. The van der Waals surface area contributed by atoms with Gasteiger partial charge in [-0.25, -0.2) is 4.79 Å². The van der Waals surface area contributed by atoms with E-state index < -0.39 is 6.03 Å². The molecule has 4 N–H and O–H groups in total. The normalized spacial score (nSPS) is 11.0. The molecule has 3 amide bonds. The number of hydrogen-bond donors (Lipinski definition) is 3. The Hall–Kier alpha value is -3.54. The minimum atomic E-state index is -0.635. The van der Waals surface area contributed by atoms with E-state index in [1.807, 2.05) is 31.2 Å². The Kier molecular flexibility index (Phi) is 5.03. The number of benzene rings is 2. The predicted octanol–water partition coefficient (Wildman–Crippen LogP) is 4.14. The summed E-state index contributed by atoms with van der Waals surface area (Å²) in [4.78, 5) is 23.0. The summed E-state index contributed by atoms with van der Waals surface area (Å²) >= 11 is 0. The van der Waals surface area contributed by atoms with Crippen molar-refractivity contribution in [3.8, 4) is 0 Å². The first kappa shape index (κ1) is 17.3. The van der Waals surface area contributed by atoms with Crippen LogP contribution in [0.25, 0.3) is 17.0 Å². The molecule has 0 unspecified atom stereocenters. The van der Waals surface area contributed by atoms with Crippen molar-refractivity contribution in [2.75, 3.05) is 10.6 Å². The van der Waals surface area contributed by atoms with Crippen molar-refractivity contribution in [3.63, 3.8) is 0 Å². The Labute approximate surface area is 150 Å². The van der Waals surface area contributed by atoms with Gasteiger partial charge in [0.15, 0.2) is 0 Å². The Morgan fingerprint density at radius 2 is 1.69 bits per heavy atom. The number of aryl methyl sites for hydroxylation is 1. The van der Waals surface area contributed by atoms with Crippen LogP contribution in [0.15, 0.2) is 59.0 Å². The summed E-state index contributed by atoms with van der Waals surface area (Å²) in [6, 6.07) is 13.8. The van der Waals surface area contributed by atoms with Crippen LogP contribution in [0.4, 0.5) is 16.2 Å². The number of nitrogens with one attached hydrogen (secondary N) is 2. The molecule has 0 spiro atoms. The molecular formula is C20H19N3O3. The van der Waals surface area contributed by atoms with E-state index in [0.717, 1.165) is 28.7 Å². The zero-order valence-corrected chi connectivity index (χ0v) is 14.3. The summed E-state index contributed by atoms with van der Waals surface area (Å²) in [7, 11) is 0. The number of hydrogen-bond acceptors (Lipinski definition) is 3. The van der Waals surface area contributed by atoms with Crippen molar-refractivity contribution in [2.45, 2.75) is 13.3 Å². The minimum absolute atomic E-state index is 0.257. The van der Waals surface area contributed by atoms with E-state index in [1.54, 1.807) is 30.3 Å². The van der Waals surface area contributed by atoms with E-state index in [9.17, 15) is 9.59 Å². The highest BCUT2D eigenvalue weighted by Gasteiger charge is 2.10. The second kappa shape index (κ2) is 7.57. The molecule has 1 aromatic heterocycles. The Bertz CT molecular complexity index is 972. The van der Waals surface area contributed by atoms with Gasteiger partial charge in [-0.05, 0) is 36.4 Å². The summed E-state index contributed by atoms with van der Waals surface area (Å²) in [5, 5.41) is 6.21. The summed E-state index contributed by atoms with van der Waals surface area (Å²) < 4.78 is 5.82. The van der Waals surface area contributed by atoms with Crippen LogP contribution in [-0.4, -0.2) is 11.9 Å². The standard InChI is InChI=1S/C20H19N3O3/c1-2-17-16(15-5-3-4-6-18(15)26-17)11-12-19(24)22-13-7-9-14(10-8-13)23-20(21)25/h3-12H,2H2,1H3,(H,22,24)(H3,21,23,25)/b12-11+. The van der Waals surface area contributed by atoms with E-state index in [-0.39, 0.29) is 5.91 Å². The van der Waals surface area contributed by atoms with Gasteiger partial charge in [0.25, 0.3) is 0 Å². The van der Waals surface area contributed by atoms with Crippen molar-refractivity contribution in [2.24, 2.45) is 5.73 Å². The lowest BCUT2D eigenvalue weighted by atomic mass is 10.1. The fourth-order valence-electron chi connectivity index (χ4n) is 2.68. The molecule has 0 atom stereocenters. The van der Waals surface area contributed by atoms with Crippen molar-refractivity contribution in [1.29, 1.82) is 0 Å². The number of rotatable bonds is 5. The van der Waals surface area contributed by atoms with Crippen molar-refractivity contribution in [1.82, 2.24) is 0 Å². The molecule has 3 rings (SSSR count). The molecule has 0 saturated heterocycles. The molecule has 6 heteroatoms. The van der Waals surface area contributed by atoms with Gasteiger partial charge in [-0.3, -0.25) is 4.79 Å². The molecule has 0 bridgehead atoms. The first-order valence-corrected chi connectivity index (χ1v) is 8.23. The highest BCUT2D eigenvalue weighted by Crippen LogP contribution is 2.27. The van der Waals surface area contributed by atoms with Crippen LogP contribution in [0.3, 0.4) is 0 Å². The van der Waals surface area contributed by atoms with Gasteiger partial charge in [0.2, 0.25) is 5.91 Å². The lowest BCUT2D eigenvalue weighted by Crippen LogP contribution is -2.19. The molecule has 2 aromatic carbocycles. The first-order chi connectivity index (χ1) is 12.6. The van der Waals surface area contributed by atoms with E-state index in [1.165, 1.54) is 6.08 Å². The zero-order valence-electron chi connectivity index (χ0n) is 14.3. The van der Waals surface area contributed by atoms with Crippen LogP contribution in [0.5, 0.6) is 0 Å². The van der Waals surface area contributed by atoms with Gasteiger partial charge in [-0.2, -0.15) is 0 Å². The molecular weight excluding hydrogens is 330 g/mol. The third kappa shape index (κ3) is 3.92. The quantitative estimate of drug-likeness (QED) is 0.604. The highest BCUT2D eigenvalue weighted by molar-refractivity contribution is 6.03. The molecule has 0 fully saturated rings. The number of furan rings is 1. The molecule has 1 heterocycles. The average molecular weight is 349 g/mol. The smallest absolute Gasteiger partial charge is 0.316 e. The minimum Gasteiger partial charge on any atom is -0.460 e. The number of primary amides is 1. The van der Waals surface area contributed by atoms with E-state index in [4.69, 9.17) is 10.2 Å². The SMILES string of the molecule is CCc1oc2ccccc2c1/C=C/C(=O)Nc1ccc(NC(N)=O)cc1.